The van der Waals surface area contributed by atoms with Crippen molar-refractivity contribution in [3.63, 3.8) is 0 Å². The SMILES string of the molecule is CC1CCC(C(C)C)C(O)C1.[Ag]. The molecule has 3 unspecified atom stereocenters. The van der Waals surface area contributed by atoms with E-state index in [1.54, 1.807) is 0 Å². The van der Waals surface area contributed by atoms with Gasteiger partial charge in [-0.1, -0.05) is 27.2 Å². The minimum atomic E-state index is -0.0289. The average molecular weight is 264 g/mol. The maximum atomic E-state index is 9.71. The summed E-state index contributed by atoms with van der Waals surface area (Å²) in [4.78, 5) is 0. The first-order chi connectivity index (χ1) is 5.11. The summed E-state index contributed by atoms with van der Waals surface area (Å²) in [7, 11) is 0. The molecule has 0 bridgehead atoms. The molecule has 1 nitrogen and oxygen atoms in total. The molecule has 1 aliphatic carbocycles. The van der Waals surface area contributed by atoms with Crippen molar-refractivity contribution in [2.75, 3.05) is 0 Å². The number of aliphatic hydroxyl groups is 1. The van der Waals surface area contributed by atoms with Crippen molar-refractivity contribution in [1.82, 2.24) is 0 Å². The number of aliphatic hydroxyl groups excluding tert-OH is 1. The molecule has 0 spiro atoms. The predicted octanol–water partition coefficient (Wildman–Crippen LogP) is 2.44. The Morgan fingerprint density at radius 3 is 2.25 bits per heavy atom. The molecule has 0 aromatic carbocycles. The van der Waals surface area contributed by atoms with Crippen molar-refractivity contribution in [3.05, 3.63) is 0 Å². The second-order valence-corrected chi connectivity index (χ2v) is 4.39. The van der Waals surface area contributed by atoms with E-state index in [9.17, 15) is 5.11 Å². The Labute approximate surface area is 91.4 Å². The predicted molar refractivity (Wildman–Crippen MR) is 47.3 cm³/mol. The van der Waals surface area contributed by atoms with Gasteiger partial charge < -0.3 is 5.11 Å². The van der Waals surface area contributed by atoms with Gasteiger partial charge in [0.25, 0.3) is 0 Å². The van der Waals surface area contributed by atoms with Gasteiger partial charge in [-0.25, -0.2) is 0 Å². The Morgan fingerprint density at radius 1 is 1.25 bits per heavy atom. The molecule has 77 valence electrons. The van der Waals surface area contributed by atoms with Gasteiger partial charge in [0.15, 0.2) is 0 Å². The van der Waals surface area contributed by atoms with Gasteiger partial charge >= 0.3 is 0 Å². The van der Waals surface area contributed by atoms with E-state index in [1.165, 1.54) is 12.8 Å². The zero-order valence-corrected chi connectivity index (χ0v) is 9.66. The van der Waals surface area contributed by atoms with Gasteiger partial charge in [-0.05, 0) is 30.6 Å². The fraction of sp³-hybridized carbons (Fsp3) is 1.00. The molecule has 0 aliphatic heterocycles. The summed E-state index contributed by atoms with van der Waals surface area (Å²) in [6.07, 6.45) is 3.52. The molecule has 1 N–H and O–H groups in total. The molecule has 0 aromatic heterocycles. The van der Waals surface area contributed by atoms with Crippen LogP contribution in [0.5, 0.6) is 0 Å². The van der Waals surface area contributed by atoms with Gasteiger partial charge in [-0.3, -0.25) is 0 Å². The quantitative estimate of drug-likeness (QED) is 0.721. The van der Waals surface area contributed by atoms with Crippen molar-refractivity contribution in [1.29, 1.82) is 0 Å². The van der Waals surface area contributed by atoms with Crippen LogP contribution in [0, 0.1) is 17.8 Å². The molecular weight excluding hydrogens is 244 g/mol. The minimum absolute atomic E-state index is 0. The summed E-state index contributed by atoms with van der Waals surface area (Å²) in [5.74, 6) is 1.95. The van der Waals surface area contributed by atoms with Gasteiger partial charge in [-0.15, -0.1) is 0 Å². The Hall–Kier alpha value is 0.700. The van der Waals surface area contributed by atoms with Gasteiger partial charge in [0.1, 0.15) is 0 Å². The van der Waals surface area contributed by atoms with E-state index < -0.39 is 0 Å². The summed E-state index contributed by atoms with van der Waals surface area (Å²) in [5, 5.41) is 9.71. The van der Waals surface area contributed by atoms with Crippen LogP contribution in [0.4, 0.5) is 0 Å². The van der Waals surface area contributed by atoms with Gasteiger partial charge in [0.2, 0.25) is 0 Å². The smallest absolute Gasteiger partial charge is 0.0573 e. The Morgan fingerprint density at radius 2 is 1.83 bits per heavy atom. The second kappa shape index (κ2) is 5.43. The van der Waals surface area contributed by atoms with Gasteiger partial charge in [-0.2, -0.15) is 0 Å². The van der Waals surface area contributed by atoms with E-state index in [0.717, 1.165) is 12.3 Å². The van der Waals surface area contributed by atoms with Gasteiger partial charge in [0, 0.05) is 22.4 Å². The number of hydrogen-bond donors (Lipinski definition) is 1. The van der Waals surface area contributed by atoms with E-state index >= 15 is 0 Å². The summed E-state index contributed by atoms with van der Waals surface area (Å²) in [6, 6.07) is 0. The zero-order valence-electron chi connectivity index (χ0n) is 8.18. The maximum absolute atomic E-state index is 9.71. The van der Waals surface area contributed by atoms with Crippen molar-refractivity contribution in [2.24, 2.45) is 17.8 Å². The zero-order chi connectivity index (χ0) is 8.43. The summed E-state index contributed by atoms with van der Waals surface area (Å²) in [6.45, 7) is 6.66. The van der Waals surface area contributed by atoms with Crippen molar-refractivity contribution < 1.29 is 27.5 Å². The summed E-state index contributed by atoms with van der Waals surface area (Å²) in [5.41, 5.74) is 0. The fourth-order valence-corrected chi connectivity index (χ4v) is 2.15. The minimum Gasteiger partial charge on any atom is -0.393 e. The van der Waals surface area contributed by atoms with Crippen LogP contribution in [0.25, 0.3) is 0 Å². The normalized spacial score (nSPS) is 36.2. The van der Waals surface area contributed by atoms with Crippen LogP contribution < -0.4 is 0 Å². The first-order valence-corrected chi connectivity index (χ1v) is 4.79. The third-order valence-corrected chi connectivity index (χ3v) is 2.99. The third-order valence-electron chi connectivity index (χ3n) is 2.99. The number of hydrogen-bond acceptors (Lipinski definition) is 1. The molecule has 1 saturated carbocycles. The summed E-state index contributed by atoms with van der Waals surface area (Å²) >= 11 is 0. The Bertz CT molecular complexity index is 125. The average Bonchev–Trinajstić information content (AvgIpc) is 1.85. The van der Waals surface area contributed by atoms with E-state index in [0.29, 0.717) is 11.8 Å². The monoisotopic (exact) mass is 263 g/mol. The largest absolute Gasteiger partial charge is 0.393 e. The van der Waals surface area contributed by atoms with Crippen LogP contribution >= 0.6 is 0 Å². The van der Waals surface area contributed by atoms with Crippen LogP contribution in [0.1, 0.15) is 40.0 Å². The van der Waals surface area contributed by atoms with E-state index in [1.807, 2.05) is 0 Å². The molecule has 1 radical (unpaired) electrons. The van der Waals surface area contributed by atoms with E-state index in [4.69, 9.17) is 0 Å². The molecule has 1 fully saturated rings. The molecule has 0 aromatic rings. The summed E-state index contributed by atoms with van der Waals surface area (Å²) < 4.78 is 0. The first kappa shape index (κ1) is 12.7. The molecular formula is C10H20AgO. The molecule has 1 aliphatic rings. The van der Waals surface area contributed by atoms with Crippen LogP contribution in [0.2, 0.25) is 0 Å². The van der Waals surface area contributed by atoms with Crippen LogP contribution in [0.15, 0.2) is 0 Å². The molecule has 1 rings (SSSR count). The van der Waals surface area contributed by atoms with Crippen molar-refractivity contribution in [2.45, 2.75) is 46.1 Å². The molecule has 3 atom stereocenters. The Balaban J connectivity index is 0.00000121. The van der Waals surface area contributed by atoms with Gasteiger partial charge in [0.05, 0.1) is 6.10 Å². The molecule has 0 saturated heterocycles. The van der Waals surface area contributed by atoms with Crippen LogP contribution in [-0.2, 0) is 22.4 Å². The van der Waals surface area contributed by atoms with Crippen LogP contribution in [-0.4, -0.2) is 11.2 Å². The Kier molecular flexibility index (Phi) is 5.75. The van der Waals surface area contributed by atoms with Crippen LogP contribution in [0.3, 0.4) is 0 Å². The fourth-order valence-electron chi connectivity index (χ4n) is 2.15. The standard InChI is InChI=1S/C10H20O.Ag/c1-7(2)9-5-4-8(3)6-10(9)11;/h7-11H,4-6H2,1-3H3;. The third kappa shape index (κ3) is 3.21. The maximum Gasteiger partial charge on any atom is 0.0573 e. The molecule has 2 heteroatoms. The molecule has 12 heavy (non-hydrogen) atoms. The van der Waals surface area contributed by atoms with E-state index in [-0.39, 0.29) is 28.5 Å². The van der Waals surface area contributed by atoms with E-state index in [2.05, 4.69) is 20.8 Å². The molecule has 0 amide bonds. The molecule has 0 heterocycles. The second-order valence-electron chi connectivity index (χ2n) is 4.39. The van der Waals surface area contributed by atoms with Crippen molar-refractivity contribution in [3.8, 4) is 0 Å². The number of rotatable bonds is 1. The first-order valence-electron chi connectivity index (χ1n) is 4.79. The topological polar surface area (TPSA) is 20.2 Å². The van der Waals surface area contributed by atoms with Crippen molar-refractivity contribution >= 4 is 0 Å².